The number of methoxy groups -OCH3 is 1. The molecule has 2 N–H and O–H groups in total. The molecule has 0 aliphatic carbocycles. The monoisotopic (exact) mass is 297 g/mol. The lowest BCUT2D eigenvalue weighted by molar-refractivity contribution is -0.383. The summed E-state index contributed by atoms with van der Waals surface area (Å²) in [5.41, 5.74) is 0.463. The zero-order chi connectivity index (χ0) is 16.0. The number of nitrogens with one attached hydrogen (secondary N) is 1. The number of hydrogen-bond donors (Lipinski definition) is 2. The first-order valence-corrected chi connectivity index (χ1v) is 6.29. The number of ether oxygens (including phenoxy) is 1. The van der Waals surface area contributed by atoms with E-state index in [9.17, 15) is 20.0 Å². The molecular weight excluding hydrogens is 278 g/mol. The minimum Gasteiger partial charge on any atom is -0.389 e. The number of nitro benzene ring substituents is 1. The summed E-state index contributed by atoms with van der Waals surface area (Å²) in [5.74, 6) is -0.337. The standard InChI is InChI=1S/C13H19N3O5/c1-14-11-6-9(4-5-12(11)16(19)20)13(18)15(2)7-10(17)8-21-3/h4-6,10,14,17H,7-8H2,1-3H3. The van der Waals surface area contributed by atoms with E-state index in [4.69, 9.17) is 4.74 Å². The first-order valence-electron chi connectivity index (χ1n) is 6.29. The molecule has 0 spiro atoms. The van der Waals surface area contributed by atoms with Crippen molar-refractivity contribution < 1.29 is 19.6 Å². The summed E-state index contributed by atoms with van der Waals surface area (Å²) in [5, 5.41) is 23.1. The minimum atomic E-state index is -0.786. The maximum atomic E-state index is 12.2. The van der Waals surface area contributed by atoms with Crippen molar-refractivity contribution in [3.63, 3.8) is 0 Å². The topological polar surface area (TPSA) is 105 Å². The van der Waals surface area contributed by atoms with E-state index < -0.39 is 11.0 Å². The van der Waals surface area contributed by atoms with E-state index in [1.54, 1.807) is 14.1 Å². The van der Waals surface area contributed by atoms with Crippen LogP contribution in [0.4, 0.5) is 11.4 Å². The fourth-order valence-electron chi connectivity index (χ4n) is 1.89. The predicted molar refractivity (Wildman–Crippen MR) is 77.5 cm³/mol. The fourth-order valence-corrected chi connectivity index (χ4v) is 1.89. The molecule has 1 aromatic rings. The Hall–Kier alpha value is -2.19. The van der Waals surface area contributed by atoms with Crippen LogP contribution in [0.1, 0.15) is 10.4 Å². The van der Waals surface area contributed by atoms with Crippen LogP contribution in [0, 0.1) is 10.1 Å². The highest BCUT2D eigenvalue weighted by Crippen LogP contribution is 2.25. The van der Waals surface area contributed by atoms with Gasteiger partial charge in [0, 0.05) is 39.4 Å². The number of aliphatic hydroxyl groups is 1. The van der Waals surface area contributed by atoms with Crippen LogP contribution < -0.4 is 5.32 Å². The second kappa shape index (κ2) is 7.55. The summed E-state index contributed by atoms with van der Waals surface area (Å²) in [6.45, 7) is 0.234. The number of hydrogen-bond acceptors (Lipinski definition) is 6. The summed E-state index contributed by atoms with van der Waals surface area (Å²) in [4.78, 5) is 23.9. The lowest BCUT2D eigenvalue weighted by Gasteiger charge is -2.20. The van der Waals surface area contributed by atoms with Crippen molar-refractivity contribution in [2.24, 2.45) is 0 Å². The van der Waals surface area contributed by atoms with Crippen molar-refractivity contribution in [3.8, 4) is 0 Å². The van der Waals surface area contributed by atoms with Gasteiger partial charge in [-0.2, -0.15) is 0 Å². The molecule has 0 saturated carbocycles. The third-order valence-corrected chi connectivity index (χ3v) is 2.90. The molecule has 0 aliphatic heterocycles. The van der Waals surface area contributed by atoms with Gasteiger partial charge < -0.3 is 20.1 Å². The zero-order valence-electron chi connectivity index (χ0n) is 12.2. The summed E-state index contributed by atoms with van der Waals surface area (Å²) >= 11 is 0. The molecule has 116 valence electrons. The van der Waals surface area contributed by atoms with Crippen molar-refractivity contribution in [2.75, 3.05) is 39.7 Å². The molecule has 0 bridgehead atoms. The van der Waals surface area contributed by atoms with Crippen LogP contribution in [0.5, 0.6) is 0 Å². The average molecular weight is 297 g/mol. The van der Waals surface area contributed by atoms with Crippen molar-refractivity contribution in [3.05, 3.63) is 33.9 Å². The highest BCUT2D eigenvalue weighted by Gasteiger charge is 2.19. The number of carbonyl (C=O) groups is 1. The molecule has 1 aromatic carbocycles. The molecule has 0 aromatic heterocycles. The maximum Gasteiger partial charge on any atom is 0.292 e. The first kappa shape index (κ1) is 16.9. The van der Waals surface area contributed by atoms with Crippen LogP contribution in [-0.4, -0.2) is 61.3 Å². The lowest BCUT2D eigenvalue weighted by Crippen LogP contribution is -2.36. The molecule has 8 nitrogen and oxygen atoms in total. The van der Waals surface area contributed by atoms with E-state index in [1.807, 2.05) is 0 Å². The van der Waals surface area contributed by atoms with Gasteiger partial charge in [0.1, 0.15) is 5.69 Å². The highest BCUT2D eigenvalue weighted by atomic mass is 16.6. The van der Waals surface area contributed by atoms with Gasteiger partial charge in [-0.1, -0.05) is 0 Å². The molecule has 1 unspecified atom stereocenters. The summed E-state index contributed by atoms with van der Waals surface area (Å²) in [7, 11) is 4.55. The lowest BCUT2D eigenvalue weighted by atomic mass is 10.1. The van der Waals surface area contributed by atoms with Crippen molar-refractivity contribution in [2.45, 2.75) is 6.10 Å². The van der Waals surface area contributed by atoms with Gasteiger partial charge in [-0.05, 0) is 12.1 Å². The molecule has 0 radical (unpaired) electrons. The normalized spacial score (nSPS) is 11.8. The molecule has 0 aliphatic rings. The van der Waals surface area contributed by atoms with Gasteiger partial charge in [-0.15, -0.1) is 0 Å². The molecule has 0 saturated heterocycles. The Balaban J connectivity index is 2.89. The molecule has 1 atom stereocenters. The van der Waals surface area contributed by atoms with Crippen molar-refractivity contribution in [1.82, 2.24) is 4.90 Å². The van der Waals surface area contributed by atoms with E-state index in [0.717, 1.165) is 0 Å². The minimum absolute atomic E-state index is 0.101. The summed E-state index contributed by atoms with van der Waals surface area (Å²) in [6, 6.07) is 4.08. The Bertz CT molecular complexity index is 521. The van der Waals surface area contributed by atoms with Crippen LogP contribution in [0.2, 0.25) is 0 Å². The number of nitrogens with zero attached hydrogens (tertiary/aromatic N) is 2. The Morgan fingerprint density at radius 3 is 2.76 bits per heavy atom. The largest absolute Gasteiger partial charge is 0.389 e. The SMILES string of the molecule is CNc1cc(C(=O)N(C)CC(O)COC)ccc1[N+](=O)[O-]. The molecule has 1 rings (SSSR count). The maximum absolute atomic E-state index is 12.2. The number of aliphatic hydroxyl groups excluding tert-OH is 1. The van der Waals surface area contributed by atoms with Gasteiger partial charge in [0.2, 0.25) is 0 Å². The predicted octanol–water partition coefficient (Wildman–Crippen LogP) is 0.716. The van der Waals surface area contributed by atoms with E-state index in [1.165, 1.54) is 30.2 Å². The number of benzene rings is 1. The number of amides is 1. The Morgan fingerprint density at radius 2 is 2.24 bits per heavy atom. The van der Waals surface area contributed by atoms with Crippen LogP contribution in [0.15, 0.2) is 18.2 Å². The van der Waals surface area contributed by atoms with Crippen LogP contribution in [0.25, 0.3) is 0 Å². The smallest absolute Gasteiger partial charge is 0.292 e. The third-order valence-electron chi connectivity index (χ3n) is 2.90. The van der Waals surface area contributed by atoms with E-state index >= 15 is 0 Å². The Kier molecular flexibility index (Phi) is 6.07. The number of carbonyl (C=O) groups excluding carboxylic acids is 1. The van der Waals surface area contributed by atoms with Gasteiger partial charge in [0.15, 0.2) is 0 Å². The summed E-state index contributed by atoms with van der Waals surface area (Å²) < 4.78 is 4.80. The quantitative estimate of drug-likeness (QED) is 0.567. The number of likely N-dealkylation sites (N-methyl/N-ethyl adjacent to an activating group) is 1. The molecule has 0 heterocycles. The third kappa shape index (κ3) is 4.40. The van der Waals surface area contributed by atoms with Gasteiger partial charge in [-0.3, -0.25) is 14.9 Å². The van der Waals surface area contributed by atoms with Crippen LogP contribution in [-0.2, 0) is 4.74 Å². The molecule has 21 heavy (non-hydrogen) atoms. The molecule has 1 amide bonds. The second-order valence-corrected chi connectivity index (χ2v) is 4.53. The van der Waals surface area contributed by atoms with Gasteiger partial charge in [0.05, 0.1) is 17.6 Å². The number of rotatable bonds is 7. The van der Waals surface area contributed by atoms with Gasteiger partial charge in [-0.25, -0.2) is 0 Å². The molecule has 0 fully saturated rings. The van der Waals surface area contributed by atoms with E-state index in [-0.39, 0.29) is 30.4 Å². The van der Waals surface area contributed by atoms with Crippen LogP contribution >= 0.6 is 0 Å². The van der Waals surface area contributed by atoms with Gasteiger partial charge in [0.25, 0.3) is 11.6 Å². The zero-order valence-corrected chi connectivity index (χ0v) is 12.2. The van der Waals surface area contributed by atoms with Crippen molar-refractivity contribution in [1.29, 1.82) is 0 Å². The van der Waals surface area contributed by atoms with E-state index in [0.29, 0.717) is 5.56 Å². The number of nitro groups is 1. The Labute approximate surface area is 122 Å². The van der Waals surface area contributed by atoms with Crippen LogP contribution in [0.3, 0.4) is 0 Å². The first-order chi connectivity index (χ1) is 9.90. The molecular formula is C13H19N3O5. The highest BCUT2D eigenvalue weighted by molar-refractivity contribution is 5.95. The van der Waals surface area contributed by atoms with E-state index in [2.05, 4.69) is 5.32 Å². The average Bonchev–Trinajstić information content (AvgIpc) is 2.45. The second-order valence-electron chi connectivity index (χ2n) is 4.53. The van der Waals surface area contributed by atoms with Crippen molar-refractivity contribution >= 4 is 17.3 Å². The fraction of sp³-hybridized carbons (Fsp3) is 0.462. The Morgan fingerprint density at radius 1 is 1.57 bits per heavy atom. The molecule has 8 heteroatoms. The summed E-state index contributed by atoms with van der Waals surface area (Å²) in [6.07, 6.45) is -0.786. The number of anilines is 1. The van der Waals surface area contributed by atoms with Gasteiger partial charge >= 0.3 is 0 Å².